The van der Waals surface area contributed by atoms with Crippen molar-refractivity contribution in [3.8, 4) is 0 Å². The second kappa shape index (κ2) is 8.37. The molecule has 0 aliphatic carbocycles. The number of carbonyl (C=O) groups excluding carboxylic acids is 1. The zero-order valence-electron chi connectivity index (χ0n) is 14.9. The molecule has 0 saturated heterocycles. The van der Waals surface area contributed by atoms with Crippen LogP contribution in [0.4, 0.5) is 0 Å². The average Bonchev–Trinajstić information content (AvgIpc) is 2.87. The number of halogens is 1. The van der Waals surface area contributed by atoms with E-state index >= 15 is 0 Å². The quantitative estimate of drug-likeness (QED) is 0.769. The molecular formula is C18H22ClN3O4S. The van der Waals surface area contributed by atoms with E-state index in [1.165, 1.54) is 17.7 Å². The van der Waals surface area contributed by atoms with E-state index in [0.29, 0.717) is 25.2 Å². The van der Waals surface area contributed by atoms with E-state index in [0.717, 1.165) is 12.1 Å². The largest absolute Gasteiger partial charge is 0.412 e. The van der Waals surface area contributed by atoms with E-state index in [2.05, 4.69) is 17.0 Å². The van der Waals surface area contributed by atoms with Crippen molar-refractivity contribution in [1.82, 2.24) is 9.80 Å². The maximum absolute atomic E-state index is 12.6. The third-order valence-corrected chi connectivity index (χ3v) is 5.77. The van der Waals surface area contributed by atoms with Crippen molar-refractivity contribution in [2.45, 2.75) is 18.0 Å². The number of likely N-dealkylation sites (N-methyl/N-ethyl adjacent to an activating group) is 1. The van der Waals surface area contributed by atoms with Crippen LogP contribution in [0.5, 0.6) is 0 Å². The highest BCUT2D eigenvalue weighted by Gasteiger charge is 2.30. The molecule has 27 heavy (non-hydrogen) atoms. The second-order valence-corrected chi connectivity index (χ2v) is 8.37. The second-order valence-electron chi connectivity index (χ2n) is 6.43. The normalized spacial score (nSPS) is 13.6. The van der Waals surface area contributed by atoms with E-state index < -0.39 is 10.0 Å². The lowest BCUT2D eigenvalue weighted by Gasteiger charge is -2.21. The van der Waals surface area contributed by atoms with Crippen LogP contribution in [0.2, 0.25) is 5.02 Å². The van der Waals surface area contributed by atoms with E-state index in [4.69, 9.17) is 16.7 Å². The van der Waals surface area contributed by atoms with E-state index in [1.54, 1.807) is 4.90 Å². The molecule has 1 aliphatic rings. The summed E-state index contributed by atoms with van der Waals surface area (Å²) in [6.07, 6.45) is 0. The number of hydrogen-bond acceptors (Lipinski definition) is 4. The van der Waals surface area contributed by atoms with E-state index in [9.17, 15) is 13.2 Å². The minimum atomic E-state index is -3.97. The Morgan fingerprint density at radius 3 is 2.52 bits per heavy atom. The first-order valence-electron chi connectivity index (χ1n) is 8.12. The maximum Gasteiger partial charge on any atom is 0.254 e. The standard InChI is InChI=1S/C18H20ClN3O3S.H2O/c1-21(11-13-5-3-2-4-6-13)7-8-22-12-14-9-16(19)17(26(20,24)25)10-15(14)18(22)23;/h2-6,9-10H,7-8,11-12H2,1H3,(H2,20,24,25);1H2. The smallest absolute Gasteiger partial charge is 0.254 e. The molecule has 146 valence electrons. The van der Waals surface area contributed by atoms with Gasteiger partial charge in [-0.25, -0.2) is 13.6 Å². The molecule has 9 heteroatoms. The zero-order chi connectivity index (χ0) is 18.9. The lowest BCUT2D eigenvalue weighted by atomic mass is 10.1. The fraction of sp³-hybridized carbons (Fsp3) is 0.278. The van der Waals surface area contributed by atoms with Crippen LogP contribution in [0.15, 0.2) is 47.4 Å². The highest BCUT2D eigenvalue weighted by atomic mass is 35.5. The van der Waals surface area contributed by atoms with Crippen LogP contribution in [0.3, 0.4) is 0 Å². The SMILES string of the molecule is CN(CCN1Cc2cc(Cl)c(S(N)(=O)=O)cc2C1=O)Cc1ccccc1.O. The van der Waals surface area contributed by atoms with Gasteiger partial charge >= 0.3 is 0 Å². The van der Waals surface area contributed by atoms with Gasteiger partial charge in [0.05, 0.1) is 5.02 Å². The Kier molecular flexibility index (Phi) is 6.61. The molecular weight excluding hydrogens is 390 g/mol. The number of sulfonamides is 1. The molecule has 0 spiro atoms. The Labute approximate surface area is 163 Å². The minimum absolute atomic E-state index is 0. The van der Waals surface area contributed by atoms with Gasteiger partial charge in [-0.3, -0.25) is 4.79 Å². The number of nitrogens with zero attached hydrogens (tertiary/aromatic N) is 2. The number of primary sulfonamides is 1. The van der Waals surface area contributed by atoms with Gasteiger partial charge in [0.2, 0.25) is 10.0 Å². The summed E-state index contributed by atoms with van der Waals surface area (Å²) in [5.41, 5.74) is 2.28. The van der Waals surface area contributed by atoms with Crippen LogP contribution in [-0.2, 0) is 23.1 Å². The molecule has 0 fully saturated rings. The molecule has 1 heterocycles. The van der Waals surface area contributed by atoms with Gasteiger partial charge in [0.25, 0.3) is 5.91 Å². The van der Waals surface area contributed by atoms with Gasteiger partial charge in [-0.2, -0.15) is 0 Å². The first kappa shape index (κ1) is 21.3. The summed E-state index contributed by atoms with van der Waals surface area (Å²) < 4.78 is 23.2. The van der Waals surface area contributed by atoms with Gasteiger partial charge in [-0.15, -0.1) is 0 Å². The Morgan fingerprint density at radius 1 is 1.22 bits per heavy atom. The summed E-state index contributed by atoms with van der Waals surface area (Å²) in [5, 5.41) is 5.20. The Morgan fingerprint density at radius 2 is 1.89 bits per heavy atom. The molecule has 1 aliphatic heterocycles. The highest BCUT2D eigenvalue weighted by molar-refractivity contribution is 7.89. The van der Waals surface area contributed by atoms with Crippen LogP contribution in [0.25, 0.3) is 0 Å². The third-order valence-electron chi connectivity index (χ3n) is 4.39. The number of amides is 1. The third kappa shape index (κ3) is 4.85. The highest BCUT2D eigenvalue weighted by Crippen LogP contribution is 2.30. The summed E-state index contributed by atoms with van der Waals surface area (Å²) in [5.74, 6) is -0.199. The first-order chi connectivity index (χ1) is 12.3. The van der Waals surface area contributed by atoms with Gasteiger partial charge in [-0.1, -0.05) is 41.9 Å². The predicted molar refractivity (Wildman–Crippen MR) is 104 cm³/mol. The first-order valence-corrected chi connectivity index (χ1v) is 10.0. The van der Waals surface area contributed by atoms with Crippen LogP contribution in [0, 0.1) is 0 Å². The summed E-state index contributed by atoms with van der Waals surface area (Å²) in [6, 6.07) is 12.9. The molecule has 0 radical (unpaired) electrons. The van der Waals surface area contributed by atoms with Crippen molar-refractivity contribution >= 4 is 27.5 Å². The Bertz CT molecular complexity index is 935. The van der Waals surface area contributed by atoms with Crippen molar-refractivity contribution in [3.05, 3.63) is 64.2 Å². The van der Waals surface area contributed by atoms with Gasteiger partial charge in [0.1, 0.15) is 4.90 Å². The van der Waals surface area contributed by atoms with Gasteiger partial charge in [0, 0.05) is 31.7 Å². The van der Waals surface area contributed by atoms with Crippen LogP contribution < -0.4 is 5.14 Å². The topological polar surface area (TPSA) is 115 Å². The number of fused-ring (bicyclic) bond motifs is 1. The zero-order valence-corrected chi connectivity index (χ0v) is 16.4. The molecule has 2 aromatic rings. The van der Waals surface area contributed by atoms with Crippen molar-refractivity contribution in [2.75, 3.05) is 20.1 Å². The van der Waals surface area contributed by atoms with Crippen molar-refractivity contribution in [3.63, 3.8) is 0 Å². The van der Waals surface area contributed by atoms with Crippen LogP contribution in [-0.4, -0.2) is 49.7 Å². The molecule has 0 saturated carbocycles. The number of rotatable bonds is 6. The summed E-state index contributed by atoms with van der Waals surface area (Å²) >= 11 is 6.01. The molecule has 0 bridgehead atoms. The number of carbonyl (C=O) groups is 1. The summed E-state index contributed by atoms with van der Waals surface area (Å²) in [6.45, 7) is 2.44. The van der Waals surface area contributed by atoms with E-state index in [1.807, 2.05) is 25.2 Å². The van der Waals surface area contributed by atoms with Crippen molar-refractivity contribution < 1.29 is 18.7 Å². The fourth-order valence-electron chi connectivity index (χ4n) is 3.04. The molecule has 7 nitrogen and oxygen atoms in total. The van der Waals surface area contributed by atoms with Crippen LogP contribution in [0.1, 0.15) is 21.5 Å². The summed E-state index contributed by atoms with van der Waals surface area (Å²) in [4.78, 5) is 16.2. The maximum atomic E-state index is 12.6. The minimum Gasteiger partial charge on any atom is -0.412 e. The average molecular weight is 412 g/mol. The number of nitrogens with two attached hydrogens (primary N) is 1. The van der Waals surface area contributed by atoms with Crippen molar-refractivity contribution in [2.24, 2.45) is 5.14 Å². The monoisotopic (exact) mass is 411 g/mol. The molecule has 0 unspecified atom stereocenters. The Hall–Kier alpha value is -1.97. The van der Waals surface area contributed by atoms with Gasteiger partial charge in [-0.05, 0) is 30.3 Å². The molecule has 0 atom stereocenters. The number of benzene rings is 2. The lowest BCUT2D eigenvalue weighted by Crippen LogP contribution is -2.33. The van der Waals surface area contributed by atoms with E-state index in [-0.39, 0.29) is 21.3 Å². The molecule has 0 aromatic heterocycles. The van der Waals surface area contributed by atoms with Crippen molar-refractivity contribution in [1.29, 1.82) is 0 Å². The lowest BCUT2D eigenvalue weighted by molar-refractivity contribution is 0.0762. The van der Waals surface area contributed by atoms with Gasteiger partial charge in [0.15, 0.2) is 0 Å². The molecule has 1 amide bonds. The fourth-order valence-corrected chi connectivity index (χ4v) is 4.16. The van der Waals surface area contributed by atoms with Gasteiger partial charge < -0.3 is 15.3 Å². The number of hydrogen-bond donors (Lipinski definition) is 1. The molecule has 2 aromatic carbocycles. The Balaban J connectivity index is 0.00000261. The van der Waals surface area contributed by atoms with Crippen LogP contribution >= 0.6 is 11.6 Å². The predicted octanol–water partition coefficient (Wildman–Crippen LogP) is 1.25. The molecule has 4 N–H and O–H groups in total. The molecule has 3 rings (SSSR count). The summed E-state index contributed by atoms with van der Waals surface area (Å²) in [7, 11) is -1.97.